The molecule has 10 heavy (non-hydrogen) atoms. The third kappa shape index (κ3) is 3.04. The Morgan fingerprint density at radius 2 is 2.40 bits per heavy atom. The van der Waals surface area contributed by atoms with E-state index in [-0.39, 0.29) is 0 Å². The van der Waals surface area contributed by atoms with Crippen molar-refractivity contribution in [3.63, 3.8) is 0 Å². The Morgan fingerprint density at radius 1 is 1.80 bits per heavy atom. The van der Waals surface area contributed by atoms with Crippen molar-refractivity contribution in [2.45, 2.75) is 13.3 Å². The largest absolute Gasteiger partial charge is 0.370 e. The first-order valence-corrected chi connectivity index (χ1v) is 2.91. The molecule has 2 N–H and O–H groups in total. The molecule has 56 valence electrons. The molecule has 0 spiro atoms. The van der Waals surface area contributed by atoms with Crippen molar-refractivity contribution < 1.29 is 9.63 Å². The average molecular weight is 141 g/mol. The predicted molar refractivity (Wildman–Crippen MR) is 38.9 cm³/mol. The summed E-state index contributed by atoms with van der Waals surface area (Å²) in [5, 5.41) is 0. The van der Waals surface area contributed by atoms with Gasteiger partial charge in [0.2, 0.25) is 0 Å². The van der Waals surface area contributed by atoms with Crippen LogP contribution in [-0.4, -0.2) is 5.97 Å². The molecule has 0 amide bonds. The highest BCUT2D eigenvalue weighted by atomic mass is 16.7. The van der Waals surface area contributed by atoms with Crippen LogP contribution < -0.4 is 5.90 Å². The van der Waals surface area contributed by atoms with Crippen molar-refractivity contribution in [1.29, 1.82) is 0 Å². The van der Waals surface area contributed by atoms with E-state index in [0.717, 1.165) is 0 Å². The summed E-state index contributed by atoms with van der Waals surface area (Å²) in [5.74, 6) is 4.13. The summed E-state index contributed by atoms with van der Waals surface area (Å²) in [5.41, 5.74) is 0.502. The molecule has 0 aromatic heterocycles. The van der Waals surface area contributed by atoms with Crippen LogP contribution in [0.1, 0.15) is 13.3 Å². The van der Waals surface area contributed by atoms with E-state index in [1.165, 1.54) is 0 Å². The first-order valence-electron chi connectivity index (χ1n) is 2.91. The predicted octanol–water partition coefficient (Wildman–Crippen LogP) is 0.926. The maximum Gasteiger partial charge on any atom is 0.351 e. The number of carbonyl (C=O) groups is 1. The van der Waals surface area contributed by atoms with Crippen molar-refractivity contribution in [3.05, 3.63) is 24.3 Å². The van der Waals surface area contributed by atoms with Crippen LogP contribution in [-0.2, 0) is 9.63 Å². The third-order valence-electron chi connectivity index (χ3n) is 1.02. The monoisotopic (exact) mass is 141 g/mol. The summed E-state index contributed by atoms with van der Waals surface area (Å²) in [6.45, 7) is 5.13. The van der Waals surface area contributed by atoms with Crippen LogP contribution in [0.2, 0.25) is 0 Å². The Hall–Kier alpha value is -1.09. The second-order valence-electron chi connectivity index (χ2n) is 1.82. The maximum absolute atomic E-state index is 10.6. The van der Waals surface area contributed by atoms with Gasteiger partial charge >= 0.3 is 5.97 Å². The first kappa shape index (κ1) is 8.91. The SMILES string of the molecule is C=CCC=C(C)C(=O)ON. The molecular weight excluding hydrogens is 130 g/mol. The summed E-state index contributed by atoms with van der Waals surface area (Å²) in [7, 11) is 0. The molecule has 0 fully saturated rings. The Balaban J connectivity index is 3.91. The minimum absolute atomic E-state index is 0.498. The standard InChI is InChI=1S/C7H11NO2/c1-3-4-5-6(2)7(9)10-8/h3,5H,1,4,8H2,2H3. The fourth-order valence-electron chi connectivity index (χ4n) is 0.436. The number of carbonyl (C=O) groups excluding carboxylic acids is 1. The number of hydrogen-bond donors (Lipinski definition) is 1. The van der Waals surface area contributed by atoms with E-state index >= 15 is 0 Å². The normalized spacial score (nSPS) is 10.8. The molecule has 0 bridgehead atoms. The summed E-state index contributed by atoms with van der Waals surface area (Å²) in [6.07, 6.45) is 4.04. The van der Waals surface area contributed by atoms with Crippen molar-refractivity contribution in [2.24, 2.45) is 5.90 Å². The molecule has 3 heteroatoms. The zero-order valence-electron chi connectivity index (χ0n) is 5.96. The Bertz CT molecular complexity index is 161. The molecule has 0 aromatic carbocycles. The van der Waals surface area contributed by atoms with E-state index in [1.54, 1.807) is 19.1 Å². The fraction of sp³-hybridized carbons (Fsp3) is 0.286. The van der Waals surface area contributed by atoms with Gasteiger partial charge in [0.25, 0.3) is 0 Å². The van der Waals surface area contributed by atoms with E-state index in [1.807, 2.05) is 0 Å². The lowest BCUT2D eigenvalue weighted by molar-refractivity contribution is -0.139. The smallest absolute Gasteiger partial charge is 0.351 e. The second kappa shape index (κ2) is 4.76. The van der Waals surface area contributed by atoms with Crippen LogP contribution in [0.15, 0.2) is 24.3 Å². The molecule has 0 radical (unpaired) electrons. The van der Waals surface area contributed by atoms with Crippen molar-refractivity contribution >= 4 is 5.97 Å². The number of rotatable bonds is 3. The van der Waals surface area contributed by atoms with Crippen molar-refractivity contribution in [1.82, 2.24) is 0 Å². The van der Waals surface area contributed by atoms with Crippen LogP contribution in [0.25, 0.3) is 0 Å². The quantitative estimate of drug-likeness (QED) is 0.361. The van der Waals surface area contributed by atoms with Gasteiger partial charge in [-0.1, -0.05) is 12.2 Å². The minimum atomic E-state index is -0.498. The minimum Gasteiger partial charge on any atom is -0.370 e. The van der Waals surface area contributed by atoms with Gasteiger partial charge in [0.05, 0.1) is 0 Å². The first-order chi connectivity index (χ1) is 4.72. The lowest BCUT2D eigenvalue weighted by atomic mass is 10.2. The highest BCUT2D eigenvalue weighted by Gasteiger charge is 2.00. The van der Waals surface area contributed by atoms with E-state index < -0.39 is 5.97 Å². The Kier molecular flexibility index (Phi) is 4.24. The van der Waals surface area contributed by atoms with Crippen LogP contribution in [0, 0.1) is 0 Å². The zero-order chi connectivity index (χ0) is 7.98. The summed E-state index contributed by atoms with van der Waals surface area (Å²) in [6, 6.07) is 0. The summed E-state index contributed by atoms with van der Waals surface area (Å²) >= 11 is 0. The lowest BCUT2D eigenvalue weighted by Gasteiger charge is -1.94. The van der Waals surface area contributed by atoms with Crippen molar-refractivity contribution in [3.8, 4) is 0 Å². The Morgan fingerprint density at radius 3 is 2.80 bits per heavy atom. The van der Waals surface area contributed by atoms with Gasteiger partial charge in [0.1, 0.15) is 0 Å². The van der Waals surface area contributed by atoms with Crippen molar-refractivity contribution in [2.75, 3.05) is 0 Å². The van der Waals surface area contributed by atoms with Gasteiger partial charge in [-0.15, -0.1) is 6.58 Å². The fourth-order valence-corrected chi connectivity index (χ4v) is 0.436. The zero-order valence-corrected chi connectivity index (χ0v) is 5.96. The maximum atomic E-state index is 10.6. The molecule has 0 aliphatic rings. The van der Waals surface area contributed by atoms with Crippen LogP contribution in [0.3, 0.4) is 0 Å². The molecule has 0 saturated carbocycles. The van der Waals surface area contributed by atoms with Crippen LogP contribution >= 0.6 is 0 Å². The molecular formula is C7H11NO2. The topological polar surface area (TPSA) is 52.3 Å². The molecule has 0 aromatic rings. The average Bonchev–Trinajstić information content (AvgIpc) is 1.98. The van der Waals surface area contributed by atoms with E-state index in [9.17, 15) is 4.79 Å². The summed E-state index contributed by atoms with van der Waals surface area (Å²) in [4.78, 5) is 14.5. The van der Waals surface area contributed by atoms with Gasteiger partial charge < -0.3 is 4.84 Å². The van der Waals surface area contributed by atoms with Gasteiger partial charge in [-0.05, 0) is 13.3 Å². The van der Waals surface area contributed by atoms with Gasteiger partial charge in [0.15, 0.2) is 0 Å². The van der Waals surface area contributed by atoms with Gasteiger partial charge in [-0.2, -0.15) is 5.90 Å². The molecule has 0 unspecified atom stereocenters. The van der Waals surface area contributed by atoms with Crippen LogP contribution in [0.4, 0.5) is 0 Å². The molecule has 0 rings (SSSR count). The lowest BCUT2D eigenvalue weighted by Crippen LogP contribution is -2.10. The van der Waals surface area contributed by atoms with Gasteiger partial charge in [-0.3, -0.25) is 0 Å². The molecule has 0 atom stereocenters. The molecule has 0 aliphatic heterocycles. The summed E-state index contributed by atoms with van der Waals surface area (Å²) < 4.78 is 0. The number of allylic oxidation sites excluding steroid dienone is 2. The van der Waals surface area contributed by atoms with E-state index in [0.29, 0.717) is 12.0 Å². The van der Waals surface area contributed by atoms with E-state index in [4.69, 9.17) is 0 Å². The highest BCUT2D eigenvalue weighted by molar-refractivity contribution is 5.87. The molecule has 3 nitrogen and oxygen atoms in total. The molecule has 0 heterocycles. The Labute approximate surface area is 60.1 Å². The third-order valence-corrected chi connectivity index (χ3v) is 1.02. The number of hydrogen-bond acceptors (Lipinski definition) is 3. The van der Waals surface area contributed by atoms with Gasteiger partial charge in [-0.25, -0.2) is 4.79 Å². The molecule has 0 aliphatic carbocycles. The van der Waals surface area contributed by atoms with Crippen LogP contribution in [0.5, 0.6) is 0 Å². The van der Waals surface area contributed by atoms with E-state index in [2.05, 4.69) is 17.3 Å². The highest BCUT2D eigenvalue weighted by Crippen LogP contribution is 1.96. The van der Waals surface area contributed by atoms with Gasteiger partial charge in [0, 0.05) is 5.57 Å². The second-order valence-corrected chi connectivity index (χ2v) is 1.82. The molecule has 0 saturated heterocycles. The number of nitrogens with two attached hydrogens (primary N) is 1.